The number of thioether (sulfide) groups is 1. The van der Waals surface area contributed by atoms with Crippen molar-refractivity contribution in [1.82, 2.24) is 5.32 Å². The number of hydrogen-bond donors (Lipinski definition) is 2. The van der Waals surface area contributed by atoms with Crippen LogP contribution < -0.4 is 11.1 Å². The Morgan fingerprint density at radius 2 is 2.33 bits per heavy atom. The third-order valence-electron chi connectivity index (χ3n) is 2.65. The third kappa shape index (κ3) is 4.89. The van der Waals surface area contributed by atoms with E-state index in [0.29, 0.717) is 11.8 Å². The van der Waals surface area contributed by atoms with Crippen molar-refractivity contribution < 1.29 is 4.79 Å². The second-order valence-electron chi connectivity index (χ2n) is 4.71. The number of amides is 1. The Labute approximate surface area is 96.6 Å². The monoisotopic (exact) mass is 230 g/mol. The first kappa shape index (κ1) is 12.8. The average Bonchev–Trinajstić information content (AvgIpc) is 2.65. The predicted molar refractivity (Wildman–Crippen MR) is 65.9 cm³/mol. The average molecular weight is 230 g/mol. The van der Waals surface area contributed by atoms with Crippen LogP contribution in [0.4, 0.5) is 0 Å². The van der Waals surface area contributed by atoms with Crippen LogP contribution in [-0.4, -0.2) is 30.0 Å². The van der Waals surface area contributed by atoms with Crippen molar-refractivity contribution in [3.8, 4) is 0 Å². The zero-order chi connectivity index (χ0) is 11.3. The maximum Gasteiger partial charge on any atom is 0.236 e. The molecule has 1 aliphatic heterocycles. The smallest absolute Gasteiger partial charge is 0.236 e. The maximum absolute atomic E-state index is 11.6. The lowest BCUT2D eigenvalue weighted by atomic mass is 10.0. The Kier molecular flexibility index (Phi) is 5.47. The number of hydrogen-bond acceptors (Lipinski definition) is 3. The molecule has 2 unspecified atom stereocenters. The van der Waals surface area contributed by atoms with Crippen LogP contribution in [0.2, 0.25) is 0 Å². The fraction of sp³-hybridized carbons (Fsp3) is 0.909. The van der Waals surface area contributed by atoms with Gasteiger partial charge in [0.1, 0.15) is 0 Å². The summed E-state index contributed by atoms with van der Waals surface area (Å²) in [5.41, 5.74) is 5.79. The van der Waals surface area contributed by atoms with Crippen LogP contribution in [0.25, 0.3) is 0 Å². The van der Waals surface area contributed by atoms with E-state index in [0.717, 1.165) is 13.0 Å². The molecule has 2 atom stereocenters. The third-order valence-corrected chi connectivity index (χ3v) is 3.88. The van der Waals surface area contributed by atoms with Crippen molar-refractivity contribution in [1.29, 1.82) is 0 Å². The Morgan fingerprint density at radius 3 is 2.87 bits per heavy atom. The minimum atomic E-state index is -0.334. The number of rotatable bonds is 5. The molecule has 0 aromatic heterocycles. The highest BCUT2D eigenvalue weighted by Crippen LogP contribution is 2.22. The largest absolute Gasteiger partial charge is 0.354 e. The van der Waals surface area contributed by atoms with Gasteiger partial charge in [-0.1, -0.05) is 13.8 Å². The van der Waals surface area contributed by atoms with Crippen LogP contribution in [0.1, 0.15) is 26.7 Å². The molecule has 1 amide bonds. The molecule has 0 saturated carbocycles. The van der Waals surface area contributed by atoms with Crippen LogP contribution >= 0.6 is 11.8 Å². The molecule has 0 aromatic carbocycles. The molecule has 3 nitrogen and oxygen atoms in total. The van der Waals surface area contributed by atoms with Crippen molar-refractivity contribution >= 4 is 17.7 Å². The van der Waals surface area contributed by atoms with Gasteiger partial charge in [0.25, 0.3) is 0 Å². The van der Waals surface area contributed by atoms with E-state index < -0.39 is 0 Å². The molecular weight excluding hydrogens is 208 g/mol. The van der Waals surface area contributed by atoms with Crippen molar-refractivity contribution in [3.05, 3.63) is 0 Å². The van der Waals surface area contributed by atoms with Crippen molar-refractivity contribution in [2.75, 3.05) is 18.1 Å². The normalized spacial score (nSPS) is 23.1. The molecule has 1 fully saturated rings. The Morgan fingerprint density at radius 1 is 1.60 bits per heavy atom. The van der Waals surface area contributed by atoms with Crippen LogP contribution in [0.5, 0.6) is 0 Å². The minimum Gasteiger partial charge on any atom is -0.354 e. The molecule has 0 spiro atoms. The number of carbonyl (C=O) groups excluding carboxylic acids is 1. The molecule has 4 heteroatoms. The molecule has 1 rings (SSSR count). The maximum atomic E-state index is 11.6. The highest BCUT2D eigenvalue weighted by molar-refractivity contribution is 7.99. The summed E-state index contributed by atoms with van der Waals surface area (Å²) in [6, 6.07) is -0.334. The van der Waals surface area contributed by atoms with Gasteiger partial charge in [-0.05, 0) is 36.2 Å². The lowest BCUT2D eigenvalue weighted by molar-refractivity contribution is -0.122. The highest BCUT2D eigenvalue weighted by atomic mass is 32.2. The summed E-state index contributed by atoms with van der Waals surface area (Å²) in [6.07, 6.45) is 2.00. The molecule has 15 heavy (non-hydrogen) atoms. The lowest BCUT2D eigenvalue weighted by Gasteiger charge is -2.16. The van der Waals surface area contributed by atoms with E-state index in [1.165, 1.54) is 17.9 Å². The number of carbonyl (C=O) groups is 1. The van der Waals surface area contributed by atoms with Gasteiger partial charge >= 0.3 is 0 Å². The van der Waals surface area contributed by atoms with Gasteiger partial charge in [-0.3, -0.25) is 4.79 Å². The first-order chi connectivity index (χ1) is 7.09. The summed E-state index contributed by atoms with van der Waals surface area (Å²) < 4.78 is 0. The molecule has 3 N–H and O–H groups in total. The van der Waals surface area contributed by atoms with Crippen LogP contribution in [0.3, 0.4) is 0 Å². The van der Waals surface area contributed by atoms with Crippen LogP contribution in [0, 0.1) is 11.8 Å². The summed E-state index contributed by atoms with van der Waals surface area (Å²) in [5, 5.41) is 2.95. The summed E-state index contributed by atoms with van der Waals surface area (Å²) >= 11 is 1.97. The number of nitrogens with two attached hydrogens (primary N) is 1. The summed E-state index contributed by atoms with van der Waals surface area (Å²) in [6.45, 7) is 4.97. The minimum absolute atomic E-state index is 0.0144. The predicted octanol–water partition coefficient (Wildman–Crippen LogP) is 1.23. The lowest BCUT2D eigenvalue weighted by Crippen LogP contribution is -2.43. The molecule has 0 bridgehead atoms. The Balaban J connectivity index is 2.16. The van der Waals surface area contributed by atoms with Gasteiger partial charge in [-0.25, -0.2) is 0 Å². The molecule has 0 radical (unpaired) electrons. The fourth-order valence-corrected chi connectivity index (χ4v) is 3.02. The molecular formula is C11H22N2OS. The zero-order valence-corrected chi connectivity index (χ0v) is 10.5. The molecule has 1 saturated heterocycles. The molecule has 0 aliphatic carbocycles. The quantitative estimate of drug-likeness (QED) is 0.747. The standard InChI is InChI=1S/C11H22N2OS/c1-8(2)5-10(12)11(14)13-6-9-3-4-15-7-9/h8-10H,3-7,12H2,1-2H3,(H,13,14). The van der Waals surface area contributed by atoms with Crippen molar-refractivity contribution in [3.63, 3.8) is 0 Å². The van der Waals surface area contributed by atoms with Gasteiger partial charge in [0.15, 0.2) is 0 Å². The van der Waals surface area contributed by atoms with E-state index in [1.807, 2.05) is 11.8 Å². The van der Waals surface area contributed by atoms with E-state index in [2.05, 4.69) is 19.2 Å². The molecule has 1 aliphatic rings. The second-order valence-corrected chi connectivity index (χ2v) is 5.86. The van der Waals surface area contributed by atoms with Crippen molar-refractivity contribution in [2.45, 2.75) is 32.7 Å². The van der Waals surface area contributed by atoms with Gasteiger partial charge in [0.2, 0.25) is 5.91 Å². The summed E-state index contributed by atoms with van der Waals surface area (Å²) in [5.74, 6) is 3.57. The Hall–Kier alpha value is -0.220. The van der Waals surface area contributed by atoms with Gasteiger partial charge in [-0.2, -0.15) is 11.8 Å². The summed E-state index contributed by atoms with van der Waals surface area (Å²) in [4.78, 5) is 11.6. The first-order valence-electron chi connectivity index (χ1n) is 5.70. The summed E-state index contributed by atoms with van der Waals surface area (Å²) in [7, 11) is 0. The Bertz CT molecular complexity index is 203. The van der Waals surface area contributed by atoms with Gasteiger partial charge in [-0.15, -0.1) is 0 Å². The van der Waals surface area contributed by atoms with E-state index in [9.17, 15) is 4.79 Å². The van der Waals surface area contributed by atoms with E-state index >= 15 is 0 Å². The molecule has 1 heterocycles. The fourth-order valence-electron chi connectivity index (χ4n) is 1.74. The van der Waals surface area contributed by atoms with E-state index in [1.54, 1.807) is 0 Å². The SMILES string of the molecule is CC(C)CC(N)C(=O)NCC1CCSC1. The van der Waals surface area contributed by atoms with Gasteiger partial charge in [0, 0.05) is 6.54 Å². The topological polar surface area (TPSA) is 55.1 Å². The zero-order valence-electron chi connectivity index (χ0n) is 9.66. The van der Waals surface area contributed by atoms with Crippen LogP contribution in [0.15, 0.2) is 0 Å². The first-order valence-corrected chi connectivity index (χ1v) is 6.86. The molecule has 88 valence electrons. The number of nitrogens with one attached hydrogen (secondary N) is 1. The van der Waals surface area contributed by atoms with E-state index in [4.69, 9.17) is 5.73 Å². The van der Waals surface area contributed by atoms with E-state index in [-0.39, 0.29) is 11.9 Å². The van der Waals surface area contributed by atoms with Gasteiger partial charge in [0.05, 0.1) is 6.04 Å². The highest BCUT2D eigenvalue weighted by Gasteiger charge is 2.19. The van der Waals surface area contributed by atoms with Crippen LogP contribution in [-0.2, 0) is 4.79 Å². The second kappa shape index (κ2) is 6.38. The molecule has 0 aromatic rings. The van der Waals surface area contributed by atoms with Crippen molar-refractivity contribution in [2.24, 2.45) is 17.6 Å². The van der Waals surface area contributed by atoms with Gasteiger partial charge < -0.3 is 11.1 Å².